The smallest absolute Gasteiger partial charge is 0.222 e. The fourth-order valence-electron chi connectivity index (χ4n) is 1.94. The molecule has 1 amide bonds. The Hall–Kier alpha value is -0.570. The van der Waals surface area contributed by atoms with Gasteiger partial charge in [-0.3, -0.25) is 4.79 Å². The summed E-state index contributed by atoms with van der Waals surface area (Å²) < 4.78 is 0. The Bertz CT molecular complexity index is 228. The number of likely N-dealkylation sites (tertiary alicyclic amines) is 1. The van der Waals surface area contributed by atoms with E-state index in [9.17, 15) is 9.90 Å². The molecule has 0 aromatic rings. The summed E-state index contributed by atoms with van der Waals surface area (Å²) in [5.74, 6) is 0.835. The van der Waals surface area contributed by atoms with Gasteiger partial charge in [-0.15, -0.1) is 0 Å². The third kappa shape index (κ3) is 3.49. The van der Waals surface area contributed by atoms with Crippen molar-refractivity contribution < 1.29 is 9.90 Å². The van der Waals surface area contributed by atoms with Crippen LogP contribution in [0.4, 0.5) is 0 Å². The molecule has 1 fully saturated rings. The average molecular weight is 213 g/mol. The fraction of sp³-hybridized carbons (Fsp3) is 0.917. The molecule has 1 aliphatic rings. The Labute approximate surface area is 92.5 Å². The van der Waals surface area contributed by atoms with Crippen molar-refractivity contribution in [3.05, 3.63) is 0 Å². The quantitative estimate of drug-likeness (QED) is 0.771. The van der Waals surface area contributed by atoms with Gasteiger partial charge in [-0.2, -0.15) is 0 Å². The van der Waals surface area contributed by atoms with Crippen molar-refractivity contribution in [2.75, 3.05) is 19.7 Å². The van der Waals surface area contributed by atoms with E-state index in [2.05, 4.69) is 13.8 Å². The van der Waals surface area contributed by atoms with E-state index in [0.717, 1.165) is 25.9 Å². The molecule has 3 heteroatoms. The molecule has 88 valence electrons. The topological polar surface area (TPSA) is 40.5 Å². The lowest BCUT2D eigenvalue weighted by molar-refractivity contribution is -0.130. The molecule has 1 saturated heterocycles. The SMILES string of the molecule is CC(C)CCC(=O)N1CCC(C)(CO)C1. The molecule has 1 heterocycles. The van der Waals surface area contributed by atoms with Gasteiger partial charge in [0, 0.05) is 24.9 Å². The highest BCUT2D eigenvalue weighted by Crippen LogP contribution is 2.29. The lowest BCUT2D eigenvalue weighted by atomic mass is 9.91. The third-order valence-corrected chi connectivity index (χ3v) is 3.23. The Morgan fingerprint density at radius 3 is 2.67 bits per heavy atom. The van der Waals surface area contributed by atoms with Gasteiger partial charge in [0.1, 0.15) is 0 Å². The molecule has 1 aliphatic heterocycles. The van der Waals surface area contributed by atoms with Crippen molar-refractivity contribution >= 4 is 5.91 Å². The molecule has 15 heavy (non-hydrogen) atoms. The highest BCUT2D eigenvalue weighted by atomic mass is 16.3. The van der Waals surface area contributed by atoms with Crippen molar-refractivity contribution in [2.24, 2.45) is 11.3 Å². The summed E-state index contributed by atoms with van der Waals surface area (Å²) in [4.78, 5) is 13.7. The average Bonchev–Trinajstić information content (AvgIpc) is 2.58. The molecular formula is C12H23NO2. The lowest BCUT2D eigenvalue weighted by Gasteiger charge is -2.22. The van der Waals surface area contributed by atoms with Crippen molar-refractivity contribution in [1.82, 2.24) is 4.90 Å². The van der Waals surface area contributed by atoms with Crippen LogP contribution in [0.25, 0.3) is 0 Å². The Balaban J connectivity index is 2.37. The Morgan fingerprint density at radius 1 is 1.53 bits per heavy atom. The van der Waals surface area contributed by atoms with Crippen LogP contribution in [0.3, 0.4) is 0 Å². The summed E-state index contributed by atoms with van der Waals surface area (Å²) in [7, 11) is 0. The predicted octanol–water partition coefficient (Wildman–Crippen LogP) is 1.65. The standard InChI is InChI=1S/C12H23NO2/c1-10(2)4-5-11(15)13-7-6-12(3,8-13)9-14/h10,14H,4-9H2,1-3H3. The summed E-state index contributed by atoms with van der Waals surface area (Å²) in [5, 5.41) is 9.21. The minimum absolute atomic E-state index is 0.0620. The van der Waals surface area contributed by atoms with Gasteiger partial charge in [0.05, 0.1) is 6.61 Å². The summed E-state index contributed by atoms with van der Waals surface area (Å²) in [5.41, 5.74) is -0.0620. The van der Waals surface area contributed by atoms with Crippen LogP contribution in [0, 0.1) is 11.3 Å². The second-order valence-corrected chi connectivity index (χ2v) is 5.47. The molecule has 0 saturated carbocycles. The zero-order chi connectivity index (χ0) is 11.5. The monoisotopic (exact) mass is 213 g/mol. The molecule has 0 aromatic carbocycles. The van der Waals surface area contributed by atoms with Crippen LogP contribution < -0.4 is 0 Å². The molecule has 1 atom stereocenters. The molecule has 3 nitrogen and oxygen atoms in total. The number of hydrogen-bond donors (Lipinski definition) is 1. The minimum atomic E-state index is -0.0620. The molecule has 1 unspecified atom stereocenters. The van der Waals surface area contributed by atoms with Crippen molar-refractivity contribution in [3.8, 4) is 0 Å². The third-order valence-electron chi connectivity index (χ3n) is 3.23. The van der Waals surface area contributed by atoms with Gasteiger partial charge < -0.3 is 10.0 Å². The highest BCUT2D eigenvalue weighted by molar-refractivity contribution is 5.76. The van der Waals surface area contributed by atoms with Gasteiger partial charge in [0.15, 0.2) is 0 Å². The van der Waals surface area contributed by atoms with Crippen molar-refractivity contribution in [1.29, 1.82) is 0 Å². The first-order chi connectivity index (χ1) is 6.97. The Kier molecular flexibility index (Phi) is 4.14. The molecule has 0 aliphatic carbocycles. The second-order valence-electron chi connectivity index (χ2n) is 5.47. The first kappa shape index (κ1) is 12.5. The van der Waals surface area contributed by atoms with Crippen LogP contribution in [-0.4, -0.2) is 35.6 Å². The molecule has 1 rings (SSSR count). The number of rotatable bonds is 4. The fourth-order valence-corrected chi connectivity index (χ4v) is 1.94. The first-order valence-electron chi connectivity index (χ1n) is 5.85. The minimum Gasteiger partial charge on any atom is -0.396 e. The van der Waals surface area contributed by atoms with E-state index in [1.54, 1.807) is 0 Å². The van der Waals surface area contributed by atoms with E-state index in [1.807, 2.05) is 11.8 Å². The normalized spacial score (nSPS) is 26.3. The highest BCUT2D eigenvalue weighted by Gasteiger charge is 2.35. The van der Waals surface area contributed by atoms with Gasteiger partial charge in [-0.25, -0.2) is 0 Å². The van der Waals surface area contributed by atoms with Crippen molar-refractivity contribution in [2.45, 2.75) is 40.0 Å². The number of amides is 1. The number of hydrogen-bond acceptors (Lipinski definition) is 2. The summed E-state index contributed by atoms with van der Waals surface area (Å²) in [6.45, 7) is 8.03. The summed E-state index contributed by atoms with van der Waals surface area (Å²) >= 11 is 0. The van der Waals surface area contributed by atoms with Crippen LogP contribution in [0.1, 0.15) is 40.0 Å². The van der Waals surface area contributed by atoms with Crippen LogP contribution in [0.2, 0.25) is 0 Å². The first-order valence-corrected chi connectivity index (χ1v) is 5.85. The maximum atomic E-state index is 11.8. The van der Waals surface area contributed by atoms with Gasteiger partial charge in [0.25, 0.3) is 0 Å². The molecule has 0 radical (unpaired) electrons. The van der Waals surface area contributed by atoms with Crippen molar-refractivity contribution in [3.63, 3.8) is 0 Å². The van der Waals surface area contributed by atoms with Gasteiger partial charge in [-0.05, 0) is 18.8 Å². The largest absolute Gasteiger partial charge is 0.396 e. The Morgan fingerprint density at radius 2 is 2.20 bits per heavy atom. The maximum Gasteiger partial charge on any atom is 0.222 e. The van der Waals surface area contributed by atoms with E-state index in [4.69, 9.17) is 0 Å². The number of aliphatic hydroxyl groups excluding tert-OH is 1. The predicted molar refractivity (Wildman–Crippen MR) is 60.5 cm³/mol. The van der Waals surface area contributed by atoms with E-state index < -0.39 is 0 Å². The van der Waals surface area contributed by atoms with E-state index in [-0.39, 0.29) is 17.9 Å². The van der Waals surface area contributed by atoms with Crippen LogP contribution >= 0.6 is 0 Å². The van der Waals surface area contributed by atoms with Gasteiger partial charge in [0.2, 0.25) is 5.91 Å². The molecule has 0 bridgehead atoms. The van der Waals surface area contributed by atoms with Crippen LogP contribution in [0.15, 0.2) is 0 Å². The number of aliphatic hydroxyl groups is 1. The number of nitrogens with zero attached hydrogens (tertiary/aromatic N) is 1. The number of carbonyl (C=O) groups excluding carboxylic acids is 1. The molecule has 1 N–H and O–H groups in total. The number of carbonyl (C=O) groups is 1. The zero-order valence-corrected chi connectivity index (χ0v) is 10.1. The molecule has 0 spiro atoms. The lowest BCUT2D eigenvalue weighted by Crippen LogP contribution is -2.32. The van der Waals surface area contributed by atoms with E-state index >= 15 is 0 Å². The van der Waals surface area contributed by atoms with Gasteiger partial charge in [-0.1, -0.05) is 20.8 Å². The second kappa shape index (κ2) is 4.97. The molecule has 0 aromatic heterocycles. The van der Waals surface area contributed by atoms with E-state index in [0.29, 0.717) is 12.3 Å². The molecular weight excluding hydrogens is 190 g/mol. The maximum absolute atomic E-state index is 11.8. The van der Waals surface area contributed by atoms with Gasteiger partial charge >= 0.3 is 0 Å². The van der Waals surface area contributed by atoms with Crippen LogP contribution in [-0.2, 0) is 4.79 Å². The van der Waals surface area contributed by atoms with E-state index in [1.165, 1.54) is 0 Å². The van der Waals surface area contributed by atoms with Crippen LogP contribution in [0.5, 0.6) is 0 Å². The summed E-state index contributed by atoms with van der Waals surface area (Å²) in [6, 6.07) is 0. The summed E-state index contributed by atoms with van der Waals surface area (Å²) in [6.07, 6.45) is 2.54. The zero-order valence-electron chi connectivity index (χ0n) is 10.1.